The Morgan fingerprint density at radius 2 is 0.927 bits per heavy atom. The highest BCUT2D eigenvalue weighted by Crippen LogP contribution is 2.38. The van der Waals surface area contributed by atoms with E-state index in [-0.39, 0.29) is 12.3 Å². The van der Waals surface area contributed by atoms with Crippen molar-refractivity contribution in [3.05, 3.63) is 24.3 Å². The number of amides is 2. The van der Waals surface area contributed by atoms with Crippen molar-refractivity contribution in [1.29, 1.82) is 0 Å². The Morgan fingerprint density at radius 1 is 0.482 bits per heavy atom. The van der Waals surface area contributed by atoms with Crippen LogP contribution in [0.15, 0.2) is 24.3 Å². The lowest BCUT2D eigenvalue weighted by Gasteiger charge is -2.50. The highest BCUT2D eigenvalue weighted by molar-refractivity contribution is 5.76. The van der Waals surface area contributed by atoms with Gasteiger partial charge in [-0.25, -0.2) is 4.79 Å². The minimum Gasteiger partial charge on any atom is -0.477 e. The third-order valence-corrected chi connectivity index (χ3v) is 21.3. The normalized spacial score (nSPS) is 34.1. The number of unbranched alkanes of at least 4 members (excludes halogenated alkanes) is 28. The quantitative estimate of drug-likeness (QED) is 0.0297. The molecular weight excluding hydrogens is 1450 g/mol. The lowest BCUT2D eigenvalue weighted by Crippen LogP contribution is -2.70. The van der Waals surface area contributed by atoms with E-state index < -0.39 is 229 Å². The number of carbonyl (C=O) groups is 3. The molecule has 0 aromatic rings. The summed E-state index contributed by atoms with van der Waals surface area (Å²) in [7, 11) is 0. The van der Waals surface area contributed by atoms with Gasteiger partial charge in [-0.15, -0.1) is 0 Å². The summed E-state index contributed by atoms with van der Waals surface area (Å²) in [4.78, 5) is 39.3. The predicted octanol–water partition coefficient (Wildman–Crippen LogP) is 0.930. The molecule has 0 spiro atoms. The first-order valence-electron chi connectivity index (χ1n) is 40.7. The number of aliphatic carboxylic acids is 1. The molecule has 2 amide bonds. The molecule has 642 valence electrons. The van der Waals surface area contributed by atoms with Crippen LogP contribution in [0.25, 0.3) is 0 Å². The summed E-state index contributed by atoms with van der Waals surface area (Å²) in [5, 5.41) is 202. The smallest absolute Gasteiger partial charge is 0.364 e. The zero-order valence-electron chi connectivity index (χ0n) is 64.8. The Bertz CT molecular complexity index is 2530. The molecule has 5 rings (SSSR count). The third kappa shape index (κ3) is 31.4. The van der Waals surface area contributed by atoms with Gasteiger partial charge in [0.05, 0.1) is 57.9 Å². The molecule has 0 saturated carbocycles. The first kappa shape index (κ1) is 97.4. The minimum absolute atomic E-state index is 0.169. The molecule has 0 aromatic carbocycles. The number of allylic oxidation sites excluding steroid dienone is 3. The summed E-state index contributed by atoms with van der Waals surface area (Å²) in [5.41, 5.74) is 0. The number of aliphatic hydroxyl groups excluding tert-OH is 17. The molecule has 28 atom stereocenters. The van der Waals surface area contributed by atoms with E-state index in [1.165, 1.54) is 128 Å². The number of carboxylic acid groups (broad SMARTS) is 1. The van der Waals surface area contributed by atoms with Crippen molar-refractivity contribution >= 4 is 17.8 Å². The standard InChI is InChI=1S/C77H138N2O31/c1-4-6-8-10-12-14-16-18-19-20-21-22-23-24-25-27-29-31-33-35-37-39-56(88)79-48(49(85)38-36-34-32-30-28-26-17-15-13-11-9-7-5-2)45-101-73-66(97)64(95)68(54(44-83)105-73)107-75-67(98)70(62(93)53(43-82)104-75)109-72-57(78-47(3)84)69(61(92)52(42-81)103-72)108-74-65(96)63(94)60(91)55(106-74)46-102-77(76(99)100)40-50(86)58(89)71(110-77)59(90)51(87)41-80/h18-19,36,38,48-55,57-75,80-83,85-87,89-98H,4-17,20-35,37,39-46H2,1-3H3,(H,78,84)(H,79,88)(H,99,100)/b19-18-,38-36+/t48-,49+,50?,51+,52?,53?,54?,55?,57?,58+,59+,60-,61+,62-,63-,64+,65?,66?,67?,68+,69+,70-,71?,72-,73+,74-,75-,77+/m0/s1. The molecule has 10 unspecified atom stereocenters. The van der Waals surface area contributed by atoms with Crippen molar-refractivity contribution in [3.8, 4) is 0 Å². The van der Waals surface area contributed by atoms with Gasteiger partial charge in [0.25, 0.3) is 5.79 Å². The van der Waals surface area contributed by atoms with Gasteiger partial charge < -0.3 is 150 Å². The summed E-state index contributed by atoms with van der Waals surface area (Å²) < 4.78 is 58.4. The Hall–Kier alpha value is -3.19. The third-order valence-electron chi connectivity index (χ3n) is 21.3. The van der Waals surface area contributed by atoms with Crippen molar-refractivity contribution in [1.82, 2.24) is 10.6 Å². The van der Waals surface area contributed by atoms with E-state index in [0.717, 1.165) is 64.7 Å². The molecule has 33 heteroatoms. The van der Waals surface area contributed by atoms with Crippen LogP contribution in [0.2, 0.25) is 0 Å². The number of hydrogen-bond donors (Lipinski definition) is 20. The minimum atomic E-state index is -3.00. The first-order chi connectivity index (χ1) is 52.8. The van der Waals surface area contributed by atoms with E-state index in [4.69, 9.17) is 47.4 Å². The number of ether oxygens (including phenoxy) is 10. The van der Waals surface area contributed by atoms with Gasteiger partial charge in [-0.3, -0.25) is 9.59 Å². The monoisotopic (exact) mass is 1590 g/mol. The Morgan fingerprint density at radius 3 is 1.44 bits per heavy atom. The second-order valence-corrected chi connectivity index (χ2v) is 30.3. The molecule has 0 radical (unpaired) electrons. The maximum Gasteiger partial charge on any atom is 0.364 e. The number of hydrogen-bond acceptors (Lipinski definition) is 30. The van der Waals surface area contributed by atoms with Crippen LogP contribution >= 0.6 is 0 Å². The largest absolute Gasteiger partial charge is 0.477 e. The van der Waals surface area contributed by atoms with Crippen LogP contribution < -0.4 is 10.6 Å². The van der Waals surface area contributed by atoms with Gasteiger partial charge in [0.1, 0.15) is 122 Å². The summed E-state index contributed by atoms with van der Waals surface area (Å²) in [6.45, 7) is -0.273. The van der Waals surface area contributed by atoms with Crippen molar-refractivity contribution in [3.63, 3.8) is 0 Å². The molecule has 33 nitrogen and oxygen atoms in total. The highest BCUT2D eigenvalue weighted by Gasteiger charge is 2.59. The molecule has 5 fully saturated rings. The Kier molecular flexibility index (Phi) is 47.1. The van der Waals surface area contributed by atoms with Crippen molar-refractivity contribution in [2.45, 2.75) is 404 Å². The van der Waals surface area contributed by atoms with Crippen molar-refractivity contribution in [2.24, 2.45) is 0 Å². The Balaban J connectivity index is 1.21. The molecule has 0 bridgehead atoms. The van der Waals surface area contributed by atoms with Gasteiger partial charge in [0.2, 0.25) is 11.8 Å². The van der Waals surface area contributed by atoms with Gasteiger partial charge in [-0.05, 0) is 44.9 Å². The second-order valence-electron chi connectivity index (χ2n) is 30.3. The van der Waals surface area contributed by atoms with Crippen LogP contribution in [0.3, 0.4) is 0 Å². The predicted molar refractivity (Wildman–Crippen MR) is 394 cm³/mol. The van der Waals surface area contributed by atoms with Crippen LogP contribution in [0.4, 0.5) is 0 Å². The molecule has 5 aliphatic heterocycles. The van der Waals surface area contributed by atoms with E-state index in [2.05, 4.69) is 36.6 Å². The van der Waals surface area contributed by atoms with E-state index in [1.807, 2.05) is 6.08 Å². The van der Waals surface area contributed by atoms with Crippen LogP contribution in [0.1, 0.15) is 233 Å². The first-order valence-corrected chi connectivity index (χ1v) is 40.7. The fraction of sp³-hybridized carbons (Fsp3) is 0.909. The molecule has 5 aliphatic rings. The fourth-order valence-electron chi connectivity index (χ4n) is 14.5. The number of carboxylic acids is 1. The molecule has 5 heterocycles. The average molecular weight is 1590 g/mol. The van der Waals surface area contributed by atoms with Gasteiger partial charge in [0, 0.05) is 19.8 Å². The second kappa shape index (κ2) is 53.2. The fourth-order valence-corrected chi connectivity index (χ4v) is 14.5. The molecule has 20 N–H and O–H groups in total. The zero-order chi connectivity index (χ0) is 80.7. The lowest BCUT2D eigenvalue weighted by molar-refractivity contribution is -0.382. The van der Waals surface area contributed by atoms with Gasteiger partial charge in [0.15, 0.2) is 25.2 Å². The summed E-state index contributed by atoms with van der Waals surface area (Å²) >= 11 is 0. The number of nitrogens with one attached hydrogen (secondary N) is 2. The SMILES string of the molecule is CCCCCCCC/C=C\CCCCCCCCCCCCCC(=O)N[C@@H](CO[C@@H]1OC(CO)[C@@H](O[C@@H]2OC(CO)[C@H](O)[C@H](O[C@@H]3OC(CO)[C@@H](O)[C@H](O[C@@H]4OC(CO[C@]5(C(=O)O)CC(O)[C@@H](O)C([C@H](O)[C@H](O)CO)O5)[C@H](O)[C@H](O)C4O)C3NC(C)=O)C2O)[C@H](O)C1O)[C@H](O)/C=C/CCCCCCCCCCCCC. The number of aliphatic hydroxyl groups is 17. The van der Waals surface area contributed by atoms with E-state index in [0.29, 0.717) is 12.8 Å². The van der Waals surface area contributed by atoms with Crippen LogP contribution in [-0.4, -0.2) is 321 Å². The molecular formula is C77H138N2O31. The maximum atomic E-state index is 13.6. The summed E-state index contributed by atoms with van der Waals surface area (Å²) in [6, 6.07) is -2.93. The van der Waals surface area contributed by atoms with Crippen molar-refractivity contribution < 1.29 is 154 Å². The number of carbonyl (C=O) groups excluding carboxylic acids is 2. The van der Waals surface area contributed by atoms with Gasteiger partial charge in [-0.1, -0.05) is 192 Å². The van der Waals surface area contributed by atoms with E-state index in [1.54, 1.807) is 6.08 Å². The zero-order valence-corrected chi connectivity index (χ0v) is 64.8. The van der Waals surface area contributed by atoms with E-state index in [9.17, 15) is 106 Å². The van der Waals surface area contributed by atoms with Gasteiger partial charge >= 0.3 is 5.97 Å². The summed E-state index contributed by atoms with van der Waals surface area (Å²) in [6.07, 6.45) is -6.78. The molecule has 0 aromatic heterocycles. The van der Waals surface area contributed by atoms with Gasteiger partial charge in [-0.2, -0.15) is 0 Å². The summed E-state index contributed by atoms with van der Waals surface area (Å²) in [5.74, 6) is -6.23. The topological polar surface area (TPSA) is 532 Å². The van der Waals surface area contributed by atoms with E-state index >= 15 is 0 Å². The molecule has 0 aliphatic carbocycles. The maximum absolute atomic E-state index is 13.6. The lowest BCUT2D eigenvalue weighted by atomic mass is 9.90. The average Bonchev–Trinajstić information content (AvgIpc) is 0.768. The molecule has 5 saturated heterocycles. The van der Waals surface area contributed by atoms with Crippen LogP contribution in [0, 0.1) is 0 Å². The highest BCUT2D eigenvalue weighted by atomic mass is 16.8. The van der Waals surface area contributed by atoms with Crippen LogP contribution in [-0.2, 0) is 61.8 Å². The number of rotatable bonds is 56. The Labute approximate surface area is 647 Å². The van der Waals surface area contributed by atoms with Crippen molar-refractivity contribution in [2.75, 3.05) is 39.6 Å². The van der Waals surface area contributed by atoms with Crippen LogP contribution in [0.5, 0.6) is 0 Å². The molecule has 110 heavy (non-hydrogen) atoms.